The largest absolute Gasteiger partial charge is 0.497 e. The molecule has 1 fully saturated rings. The molecule has 9 heteroatoms. The number of rotatable bonds is 7. The second-order valence-electron chi connectivity index (χ2n) is 5.22. The zero-order valence-corrected chi connectivity index (χ0v) is 15.2. The van der Waals surface area contributed by atoms with Crippen molar-refractivity contribution < 1.29 is 23.9 Å². The smallest absolute Gasteiger partial charge is 0.328 e. The molecule has 25 heavy (non-hydrogen) atoms. The maximum atomic E-state index is 11.9. The highest BCUT2D eigenvalue weighted by Gasteiger charge is 2.27. The fourth-order valence-corrected chi connectivity index (χ4v) is 3.03. The minimum atomic E-state index is -0.452. The van der Waals surface area contributed by atoms with Crippen molar-refractivity contribution in [3.8, 4) is 5.75 Å². The van der Waals surface area contributed by atoms with Gasteiger partial charge in [-0.15, -0.1) is 0 Å². The zero-order valence-electron chi connectivity index (χ0n) is 13.6. The number of methoxy groups -OCH3 is 1. The molecular weight excluding hydrogens is 364 g/mol. The highest BCUT2D eigenvalue weighted by molar-refractivity contribution is 8.23. The fourth-order valence-electron chi connectivity index (χ4n) is 2.09. The molecule has 1 aromatic carbocycles. The summed E-state index contributed by atoms with van der Waals surface area (Å²) < 4.78 is 10.2. The van der Waals surface area contributed by atoms with Gasteiger partial charge in [-0.05, 0) is 12.1 Å². The summed E-state index contributed by atoms with van der Waals surface area (Å²) in [6.07, 6.45) is 0.300. The molecule has 0 aliphatic carbocycles. The lowest BCUT2D eigenvalue weighted by Gasteiger charge is -2.10. The molecule has 0 bridgehead atoms. The molecule has 1 saturated heterocycles. The Kier molecular flexibility index (Phi) is 7.20. The molecule has 7 nitrogen and oxygen atoms in total. The van der Waals surface area contributed by atoms with E-state index in [1.165, 1.54) is 7.11 Å². The molecule has 0 radical (unpaired) electrons. The topological polar surface area (TPSA) is 93.7 Å². The highest BCUT2D eigenvalue weighted by Crippen LogP contribution is 2.17. The van der Waals surface area contributed by atoms with Crippen LogP contribution in [-0.4, -0.2) is 47.5 Å². The summed E-state index contributed by atoms with van der Waals surface area (Å²) in [7, 11) is 1.53. The number of cyclic esters (lactones) is 1. The summed E-state index contributed by atoms with van der Waals surface area (Å²) in [6.45, 7) is 0.368. The van der Waals surface area contributed by atoms with Crippen LogP contribution in [-0.2, 0) is 19.1 Å². The number of amides is 1. The second kappa shape index (κ2) is 9.38. The highest BCUT2D eigenvalue weighted by atomic mass is 32.2. The molecule has 0 spiro atoms. The number of carbonyl (C=O) groups excluding carboxylic acids is 3. The first kappa shape index (κ1) is 19.2. The van der Waals surface area contributed by atoms with E-state index in [4.69, 9.17) is 21.7 Å². The summed E-state index contributed by atoms with van der Waals surface area (Å²) in [5.41, 5.74) is 0.557. The third kappa shape index (κ3) is 6.35. The molecule has 1 aromatic rings. The molecule has 0 saturated carbocycles. The minimum absolute atomic E-state index is 0.0547. The third-order valence-corrected chi connectivity index (χ3v) is 4.62. The number of esters is 1. The van der Waals surface area contributed by atoms with Gasteiger partial charge in [-0.3, -0.25) is 9.59 Å². The predicted octanol–water partition coefficient (Wildman–Crippen LogP) is 1.52. The summed E-state index contributed by atoms with van der Waals surface area (Å²) >= 11 is 6.18. The predicted molar refractivity (Wildman–Crippen MR) is 98.8 cm³/mol. The number of Topliss-reactive ketones (excluding diaryl/α,β-unsaturated/α-hetero) is 1. The number of benzene rings is 1. The van der Waals surface area contributed by atoms with Crippen LogP contribution in [0.2, 0.25) is 0 Å². The van der Waals surface area contributed by atoms with Gasteiger partial charge in [-0.25, -0.2) is 4.79 Å². The molecule has 1 amide bonds. The average Bonchev–Trinajstić information content (AvgIpc) is 2.98. The number of ether oxygens (including phenoxy) is 2. The summed E-state index contributed by atoms with van der Waals surface area (Å²) in [5.74, 6) is -0.340. The molecule has 1 aliphatic heterocycles. The van der Waals surface area contributed by atoms with Crippen molar-refractivity contribution in [2.75, 3.05) is 24.8 Å². The van der Waals surface area contributed by atoms with Gasteiger partial charge < -0.3 is 20.1 Å². The monoisotopic (exact) mass is 382 g/mol. The third-order valence-electron chi connectivity index (χ3n) is 3.30. The van der Waals surface area contributed by atoms with Crippen LogP contribution in [0.3, 0.4) is 0 Å². The number of hydrogen-bond donors (Lipinski definition) is 2. The lowest BCUT2D eigenvalue weighted by molar-refractivity contribution is -0.139. The van der Waals surface area contributed by atoms with Gasteiger partial charge in [-0.2, -0.15) is 0 Å². The Morgan fingerprint density at radius 2 is 2.24 bits per heavy atom. The van der Waals surface area contributed by atoms with Gasteiger partial charge in [-0.1, -0.05) is 30.0 Å². The number of ketones is 1. The number of nitrogens with one attached hydrogen (secondary N) is 2. The van der Waals surface area contributed by atoms with Gasteiger partial charge in [0.25, 0.3) is 0 Å². The fraction of sp³-hybridized carbons (Fsp3) is 0.375. The van der Waals surface area contributed by atoms with E-state index in [1.54, 1.807) is 24.3 Å². The van der Waals surface area contributed by atoms with E-state index in [-0.39, 0.29) is 23.9 Å². The van der Waals surface area contributed by atoms with Crippen molar-refractivity contribution in [3.05, 3.63) is 24.3 Å². The van der Waals surface area contributed by atoms with Gasteiger partial charge in [0.1, 0.15) is 16.1 Å². The Labute approximate surface area is 154 Å². The molecule has 2 N–H and O–H groups in total. The van der Waals surface area contributed by atoms with Crippen molar-refractivity contribution in [1.82, 2.24) is 5.32 Å². The molecular formula is C16H18N2O5S2. The standard InChI is InChI=1S/C16H18N2O5S2/c1-22-12-4-2-3-10(7-12)17-14(20)8-11(19)9-25-16(24)18-13-5-6-23-15(13)21/h2-4,7,13H,5-6,8-9H2,1H3,(H,17,20)(H,18,24)/t13-/m1/s1. The van der Waals surface area contributed by atoms with E-state index >= 15 is 0 Å². The van der Waals surface area contributed by atoms with Gasteiger partial charge in [0.2, 0.25) is 5.91 Å². The second-order valence-corrected chi connectivity index (χ2v) is 6.88. The van der Waals surface area contributed by atoms with Crippen LogP contribution in [0.5, 0.6) is 5.75 Å². The van der Waals surface area contributed by atoms with Gasteiger partial charge in [0.05, 0.1) is 25.9 Å². The van der Waals surface area contributed by atoms with Crippen LogP contribution < -0.4 is 15.4 Å². The minimum Gasteiger partial charge on any atom is -0.497 e. The molecule has 1 atom stereocenters. The summed E-state index contributed by atoms with van der Waals surface area (Å²) in [4.78, 5) is 35.1. The lowest BCUT2D eigenvalue weighted by atomic mass is 10.2. The van der Waals surface area contributed by atoms with Crippen molar-refractivity contribution in [1.29, 1.82) is 0 Å². The molecule has 0 aromatic heterocycles. The van der Waals surface area contributed by atoms with Crippen LogP contribution in [0.15, 0.2) is 24.3 Å². The summed E-state index contributed by atoms with van der Waals surface area (Å²) in [5, 5.41) is 5.48. The number of thiocarbonyl (C=S) groups is 1. The molecule has 134 valence electrons. The van der Waals surface area contributed by atoms with E-state index in [0.29, 0.717) is 28.8 Å². The van der Waals surface area contributed by atoms with Crippen LogP contribution in [0.25, 0.3) is 0 Å². The maximum Gasteiger partial charge on any atom is 0.328 e. The van der Waals surface area contributed by atoms with Crippen molar-refractivity contribution in [3.63, 3.8) is 0 Å². The van der Waals surface area contributed by atoms with E-state index < -0.39 is 11.9 Å². The Morgan fingerprint density at radius 1 is 1.44 bits per heavy atom. The number of hydrogen-bond acceptors (Lipinski definition) is 7. The molecule has 1 heterocycles. The van der Waals surface area contributed by atoms with Crippen LogP contribution in [0.4, 0.5) is 5.69 Å². The van der Waals surface area contributed by atoms with Crippen molar-refractivity contribution in [2.45, 2.75) is 18.9 Å². The number of thioether (sulfide) groups is 1. The quantitative estimate of drug-likeness (QED) is 0.416. The lowest BCUT2D eigenvalue weighted by Crippen LogP contribution is -2.35. The molecule has 2 rings (SSSR count). The van der Waals surface area contributed by atoms with Crippen LogP contribution >= 0.6 is 24.0 Å². The first-order valence-corrected chi connectivity index (χ1v) is 8.93. The number of carbonyl (C=O) groups is 3. The first-order chi connectivity index (χ1) is 12.0. The normalized spacial score (nSPS) is 16.0. The average molecular weight is 382 g/mol. The Balaban J connectivity index is 1.71. The first-order valence-electron chi connectivity index (χ1n) is 7.53. The van der Waals surface area contributed by atoms with E-state index in [0.717, 1.165) is 11.8 Å². The Hall–Kier alpha value is -2.13. The Morgan fingerprint density at radius 3 is 2.92 bits per heavy atom. The van der Waals surface area contributed by atoms with Crippen LogP contribution in [0.1, 0.15) is 12.8 Å². The summed E-state index contributed by atoms with van der Waals surface area (Å²) in [6, 6.07) is 6.41. The zero-order chi connectivity index (χ0) is 18.2. The van der Waals surface area contributed by atoms with E-state index in [9.17, 15) is 14.4 Å². The van der Waals surface area contributed by atoms with Crippen molar-refractivity contribution >= 4 is 51.6 Å². The molecule has 0 unspecified atom stereocenters. The number of anilines is 1. The van der Waals surface area contributed by atoms with Crippen LogP contribution in [0, 0.1) is 0 Å². The van der Waals surface area contributed by atoms with E-state index in [1.807, 2.05) is 0 Å². The van der Waals surface area contributed by atoms with Crippen molar-refractivity contribution in [2.24, 2.45) is 0 Å². The SMILES string of the molecule is COc1cccc(NC(=O)CC(=O)CSC(=S)N[C@@H]2CCOC2=O)c1. The van der Waals surface area contributed by atoms with Gasteiger partial charge in [0.15, 0.2) is 5.78 Å². The maximum absolute atomic E-state index is 11.9. The van der Waals surface area contributed by atoms with Gasteiger partial charge >= 0.3 is 5.97 Å². The van der Waals surface area contributed by atoms with Gasteiger partial charge in [0, 0.05) is 18.2 Å². The molecule has 1 aliphatic rings. The van der Waals surface area contributed by atoms with E-state index in [2.05, 4.69) is 10.6 Å². The Bertz CT molecular complexity index is 680.